The number of nitrogens with zero attached hydrogens (tertiary/aromatic N) is 3. The van der Waals surface area contributed by atoms with Gasteiger partial charge >= 0.3 is 0 Å². The molecule has 0 amide bonds. The Morgan fingerprint density at radius 2 is 2.08 bits per heavy atom. The Morgan fingerprint density at radius 1 is 1.33 bits per heavy atom. The number of aryl methyl sites for hydroxylation is 1. The number of benzene rings is 1. The average Bonchev–Trinajstić information content (AvgIpc) is 2.93. The number of aliphatic hydroxyl groups is 1. The van der Waals surface area contributed by atoms with E-state index in [1.165, 1.54) is 0 Å². The van der Waals surface area contributed by atoms with Crippen molar-refractivity contribution in [2.45, 2.75) is 26.2 Å². The van der Waals surface area contributed by atoms with Gasteiger partial charge in [0.1, 0.15) is 11.9 Å². The summed E-state index contributed by atoms with van der Waals surface area (Å²) in [6.45, 7) is 9.04. The van der Waals surface area contributed by atoms with Gasteiger partial charge in [0.2, 0.25) is 0 Å². The molecule has 1 saturated heterocycles. The molecule has 2 unspecified atom stereocenters. The first-order chi connectivity index (χ1) is 11.6. The maximum absolute atomic E-state index is 10.2. The van der Waals surface area contributed by atoms with Crippen molar-refractivity contribution < 1.29 is 9.84 Å². The van der Waals surface area contributed by atoms with Gasteiger partial charge in [0.05, 0.1) is 15.2 Å². The fourth-order valence-corrected chi connectivity index (χ4v) is 3.94. The molecule has 7 heteroatoms. The summed E-state index contributed by atoms with van der Waals surface area (Å²) >= 11 is 1.68. The van der Waals surface area contributed by atoms with Crippen LogP contribution in [0.15, 0.2) is 18.2 Å². The van der Waals surface area contributed by atoms with Gasteiger partial charge < -0.3 is 15.6 Å². The van der Waals surface area contributed by atoms with E-state index in [2.05, 4.69) is 14.8 Å². The summed E-state index contributed by atoms with van der Waals surface area (Å²) in [4.78, 5) is 9.06. The molecule has 24 heavy (non-hydrogen) atoms. The number of aliphatic hydroxyl groups excluding tert-OH is 1. The lowest BCUT2D eigenvalue weighted by Gasteiger charge is -2.39. The first-order valence-corrected chi connectivity index (χ1v) is 9.27. The zero-order chi connectivity index (χ0) is 17.1. The molecule has 3 N–H and O–H groups in total. The minimum Gasteiger partial charge on any atom is -0.472 e. The number of piperazine rings is 1. The van der Waals surface area contributed by atoms with Crippen molar-refractivity contribution in [1.29, 1.82) is 0 Å². The molecule has 0 radical (unpaired) electrons. The van der Waals surface area contributed by atoms with Gasteiger partial charge in [-0.3, -0.25) is 9.80 Å². The van der Waals surface area contributed by atoms with Gasteiger partial charge in [-0.1, -0.05) is 0 Å². The highest BCUT2D eigenvalue weighted by Gasteiger charge is 2.28. The molecule has 0 spiro atoms. The summed E-state index contributed by atoms with van der Waals surface area (Å²) in [5.41, 5.74) is 6.58. The van der Waals surface area contributed by atoms with Crippen LogP contribution in [-0.2, 0) is 0 Å². The van der Waals surface area contributed by atoms with Gasteiger partial charge in [-0.2, -0.15) is 0 Å². The van der Waals surface area contributed by atoms with Crippen LogP contribution in [0.3, 0.4) is 0 Å². The first kappa shape index (κ1) is 17.6. The molecule has 1 aromatic carbocycles. The van der Waals surface area contributed by atoms with E-state index in [1.807, 2.05) is 25.1 Å². The fraction of sp³-hybridized carbons (Fsp3) is 0.588. The summed E-state index contributed by atoms with van der Waals surface area (Å²) in [7, 11) is 0. The highest BCUT2D eigenvalue weighted by Crippen LogP contribution is 2.27. The third-order valence-corrected chi connectivity index (χ3v) is 5.30. The van der Waals surface area contributed by atoms with Gasteiger partial charge in [-0.15, -0.1) is 11.3 Å². The van der Waals surface area contributed by atoms with Crippen molar-refractivity contribution in [3.8, 4) is 5.75 Å². The second-order valence-electron chi connectivity index (χ2n) is 6.28. The smallest absolute Gasteiger partial charge is 0.178 e. The van der Waals surface area contributed by atoms with E-state index in [0.29, 0.717) is 6.54 Å². The second kappa shape index (κ2) is 7.76. The third kappa shape index (κ3) is 4.04. The van der Waals surface area contributed by atoms with Gasteiger partial charge in [0.15, 0.2) is 6.23 Å². The molecule has 6 nitrogen and oxygen atoms in total. The molecule has 2 atom stereocenters. The van der Waals surface area contributed by atoms with Gasteiger partial charge in [0.25, 0.3) is 0 Å². The number of hydrogen-bond donors (Lipinski definition) is 2. The maximum atomic E-state index is 10.2. The second-order valence-corrected chi connectivity index (χ2v) is 7.51. The summed E-state index contributed by atoms with van der Waals surface area (Å²) in [5.74, 6) is 0.753. The Hall–Kier alpha value is -1.25. The normalized spacial score (nSPS) is 19.5. The maximum Gasteiger partial charge on any atom is 0.178 e. The molecule has 0 bridgehead atoms. The van der Waals surface area contributed by atoms with Crippen LogP contribution in [0.5, 0.6) is 5.75 Å². The van der Waals surface area contributed by atoms with E-state index in [1.54, 1.807) is 18.3 Å². The lowest BCUT2D eigenvalue weighted by Crippen LogP contribution is -2.55. The minimum absolute atomic E-state index is 0.345. The zero-order valence-electron chi connectivity index (χ0n) is 14.3. The summed E-state index contributed by atoms with van der Waals surface area (Å²) in [6.07, 6.45) is -0.916. The number of fused-ring (bicyclic) bond motifs is 1. The van der Waals surface area contributed by atoms with E-state index in [9.17, 15) is 5.11 Å². The predicted molar refractivity (Wildman–Crippen MR) is 97.5 cm³/mol. The largest absolute Gasteiger partial charge is 0.472 e. The molecule has 1 aliphatic rings. The summed E-state index contributed by atoms with van der Waals surface area (Å²) in [6, 6.07) is 5.95. The number of nitrogens with two attached hydrogens (primary N) is 1. The van der Waals surface area contributed by atoms with Crippen molar-refractivity contribution in [2.24, 2.45) is 5.73 Å². The molecular weight excluding hydrogens is 324 g/mol. The molecule has 132 valence electrons. The van der Waals surface area contributed by atoms with Gasteiger partial charge in [-0.25, -0.2) is 4.98 Å². The zero-order valence-corrected chi connectivity index (χ0v) is 15.1. The molecule has 0 aliphatic carbocycles. The van der Waals surface area contributed by atoms with E-state index in [-0.39, 0.29) is 6.23 Å². The monoisotopic (exact) mass is 350 g/mol. The Bertz CT molecular complexity index is 668. The quantitative estimate of drug-likeness (QED) is 0.817. The fourth-order valence-electron chi connectivity index (χ4n) is 3.14. The molecule has 1 aliphatic heterocycles. The van der Waals surface area contributed by atoms with Gasteiger partial charge in [0, 0.05) is 45.3 Å². The Balaban J connectivity index is 1.69. The van der Waals surface area contributed by atoms with Crippen LogP contribution in [0, 0.1) is 6.92 Å². The van der Waals surface area contributed by atoms with Crippen LogP contribution < -0.4 is 10.5 Å². The lowest BCUT2D eigenvalue weighted by molar-refractivity contribution is -0.0741. The Morgan fingerprint density at radius 3 is 2.75 bits per heavy atom. The van der Waals surface area contributed by atoms with E-state index >= 15 is 0 Å². The molecule has 3 rings (SSSR count). The molecular formula is C17H26N4O2S. The van der Waals surface area contributed by atoms with Crippen LogP contribution in [0.2, 0.25) is 0 Å². The third-order valence-electron chi connectivity index (χ3n) is 4.35. The summed E-state index contributed by atoms with van der Waals surface area (Å²) < 4.78 is 7.28. The predicted octanol–water partition coefficient (Wildman–Crippen LogP) is 1.27. The van der Waals surface area contributed by atoms with Crippen molar-refractivity contribution in [1.82, 2.24) is 14.8 Å². The molecule has 1 fully saturated rings. The van der Waals surface area contributed by atoms with Crippen molar-refractivity contribution >= 4 is 21.6 Å². The van der Waals surface area contributed by atoms with E-state index < -0.39 is 6.10 Å². The van der Waals surface area contributed by atoms with Crippen LogP contribution in [0.25, 0.3) is 10.2 Å². The number of aromatic nitrogens is 1. The highest BCUT2D eigenvalue weighted by atomic mass is 32.1. The number of rotatable bonds is 6. The standard InChI is InChI=1S/C17H26N4O2S/c1-12(22)17(21-9-7-20(6-5-18)8-10-21)23-14-3-4-16-15(11-14)19-13(2)24-16/h3-4,11-12,17,22H,5-10,18H2,1-2H3. The molecule has 1 aromatic heterocycles. The van der Waals surface area contributed by atoms with Crippen LogP contribution in [-0.4, -0.2) is 71.5 Å². The van der Waals surface area contributed by atoms with Crippen molar-refractivity contribution in [3.63, 3.8) is 0 Å². The average molecular weight is 350 g/mol. The van der Waals surface area contributed by atoms with Gasteiger partial charge in [-0.05, 0) is 26.0 Å². The Labute approximate surface area is 146 Å². The Kier molecular flexibility index (Phi) is 5.68. The van der Waals surface area contributed by atoms with E-state index in [4.69, 9.17) is 10.5 Å². The minimum atomic E-state index is -0.570. The number of hydrogen-bond acceptors (Lipinski definition) is 7. The van der Waals surface area contributed by atoms with E-state index in [0.717, 1.165) is 53.7 Å². The van der Waals surface area contributed by atoms with Crippen molar-refractivity contribution in [3.05, 3.63) is 23.2 Å². The molecule has 0 saturated carbocycles. The topological polar surface area (TPSA) is 74.9 Å². The molecule has 2 heterocycles. The highest BCUT2D eigenvalue weighted by molar-refractivity contribution is 7.18. The van der Waals surface area contributed by atoms with Crippen molar-refractivity contribution in [2.75, 3.05) is 39.3 Å². The van der Waals surface area contributed by atoms with Crippen LogP contribution >= 0.6 is 11.3 Å². The van der Waals surface area contributed by atoms with Crippen LogP contribution in [0.1, 0.15) is 11.9 Å². The van der Waals surface area contributed by atoms with Crippen LogP contribution in [0.4, 0.5) is 0 Å². The number of thiazole rings is 1. The lowest BCUT2D eigenvalue weighted by atomic mass is 10.2. The molecule has 2 aromatic rings. The number of ether oxygens (including phenoxy) is 1. The SMILES string of the molecule is Cc1nc2cc(OC(C(C)O)N3CCN(CCN)CC3)ccc2s1. The first-order valence-electron chi connectivity index (χ1n) is 8.45. The summed E-state index contributed by atoms with van der Waals surface area (Å²) in [5, 5.41) is 11.2.